The fourth-order valence-corrected chi connectivity index (χ4v) is 3.59. The summed E-state index contributed by atoms with van der Waals surface area (Å²) >= 11 is 0. The van der Waals surface area contributed by atoms with Crippen molar-refractivity contribution in [2.24, 2.45) is 5.92 Å². The predicted octanol–water partition coefficient (Wildman–Crippen LogP) is 3.81. The number of aryl methyl sites for hydroxylation is 1. The minimum Gasteiger partial charge on any atom is -0.481 e. The zero-order chi connectivity index (χ0) is 18.0. The Bertz CT molecular complexity index is 771. The maximum atomic E-state index is 14.3. The number of carbonyl (C=O) groups is 2. The summed E-state index contributed by atoms with van der Waals surface area (Å²) in [5.74, 6) is -2.66. The molecule has 0 saturated carbocycles. The predicted molar refractivity (Wildman–Crippen MR) is 91.7 cm³/mol. The molecule has 5 heteroatoms. The van der Waals surface area contributed by atoms with Gasteiger partial charge >= 0.3 is 5.97 Å². The molecular formula is C20H20FNO3. The second kappa shape index (κ2) is 7.05. The molecular weight excluding hydrogens is 321 g/mol. The molecule has 1 saturated heterocycles. The topological polar surface area (TPSA) is 57.6 Å². The molecule has 2 aromatic rings. The second-order valence-electron chi connectivity index (χ2n) is 6.37. The molecule has 0 spiro atoms. The van der Waals surface area contributed by atoms with Gasteiger partial charge in [0.2, 0.25) is 0 Å². The number of aliphatic carboxylic acids is 1. The number of benzene rings is 2. The number of carbonyl (C=O) groups excluding carboxylic acids is 1. The first kappa shape index (κ1) is 17.1. The van der Waals surface area contributed by atoms with Gasteiger partial charge in [-0.05, 0) is 37.0 Å². The van der Waals surface area contributed by atoms with Crippen LogP contribution in [0.2, 0.25) is 0 Å². The van der Waals surface area contributed by atoms with Gasteiger partial charge in [-0.25, -0.2) is 4.39 Å². The Morgan fingerprint density at radius 2 is 1.84 bits per heavy atom. The summed E-state index contributed by atoms with van der Waals surface area (Å²) in [5, 5.41) is 9.64. The highest BCUT2D eigenvalue weighted by Crippen LogP contribution is 2.37. The first-order chi connectivity index (χ1) is 12.0. The monoisotopic (exact) mass is 341 g/mol. The van der Waals surface area contributed by atoms with Crippen LogP contribution in [0.3, 0.4) is 0 Å². The number of halogens is 1. The molecule has 0 bridgehead atoms. The molecule has 0 radical (unpaired) electrons. The molecule has 0 aromatic heterocycles. The number of hydrogen-bond acceptors (Lipinski definition) is 2. The number of nitrogens with zero attached hydrogens (tertiary/aromatic N) is 1. The standard InChI is InChI=1S/C20H20FNO3/c1-13-7-5-11-16(21)17(13)19(23)22-12-6-10-15(20(24)25)18(22)14-8-3-2-4-9-14/h2-5,7-9,11,15,18H,6,10,12H2,1H3,(H,24,25)/t15-,18?/m0/s1. The normalized spacial score (nSPS) is 20.3. The van der Waals surface area contributed by atoms with Crippen molar-refractivity contribution in [2.45, 2.75) is 25.8 Å². The highest BCUT2D eigenvalue weighted by atomic mass is 19.1. The molecule has 1 heterocycles. The molecule has 4 nitrogen and oxygen atoms in total. The fourth-order valence-electron chi connectivity index (χ4n) is 3.59. The van der Waals surface area contributed by atoms with E-state index in [4.69, 9.17) is 0 Å². The van der Waals surface area contributed by atoms with Crippen LogP contribution in [0.15, 0.2) is 48.5 Å². The third kappa shape index (κ3) is 3.27. The highest BCUT2D eigenvalue weighted by molar-refractivity contribution is 5.96. The van der Waals surface area contributed by atoms with Crippen molar-refractivity contribution in [3.8, 4) is 0 Å². The first-order valence-corrected chi connectivity index (χ1v) is 8.34. The van der Waals surface area contributed by atoms with E-state index in [1.807, 2.05) is 30.3 Å². The van der Waals surface area contributed by atoms with E-state index in [9.17, 15) is 19.1 Å². The number of amides is 1. The van der Waals surface area contributed by atoms with Crippen molar-refractivity contribution in [3.05, 3.63) is 71.0 Å². The van der Waals surface area contributed by atoms with Crippen LogP contribution in [0.5, 0.6) is 0 Å². The first-order valence-electron chi connectivity index (χ1n) is 8.34. The quantitative estimate of drug-likeness (QED) is 0.923. The van der Waals surface area contributed by atoms with Gasteiger partial charge in [0.25, 0.3) is 5.91 Å². The lowest BCUT2D eigenvalue weighted by Crippen LogP contribution is -2.45. The summed E-state index contributed by atoms with van der Waals surface area (Å²) in [4.78, 5) is 26.4. The van der Waals surface area contributed by atoms with E-state index >= 15 is 0 Å². The number of piperidine rings is 1. The summed E-state index contributed by atoms with van der Waals surface area (Å²) in [6.45, 7) is 2.10. The maximum Gasteiger partial charge on any atom is 0.308 e. The van der Waals surface area contributed by atoms with E-state index in [-0.39, 0.29) is 5.56 Å². The Hall–Kier alpha value is -2.69. The smallest absolute Gasteiger partial charge is 0.308 e. The third-order valence-electron chi connectivity index (χ3n) is 4.79. The Morgan fingerprint density at radius 1 is 1.12 bits per heavy atom. The van der Waals surface area contributed by atoms with Gasteiger partial charge in [-0.3, -0.25) is 9.59 Å². The van der Waals surface area contributed by atoms with Crippen molar-refractivity contribution in [3.63, 3.8) is 0 Å². The molecule has 1 aliphatic rings. The number of carboxylic acid groups (broad SMARTS) is 1. The van der Waals surface area contributed by atoms with Crippen LogP contribution in [0.25, 0.3) is 0 Å². The molecule has 2 atom stereocenters. The van der Waals surface area contributed by atoms with Gasteiger partial charge in [0.15, 0.2) is 0 Å². The van der Waals surface area contributed by atoms with Crippen molar-refractivity contribution in [2.75, 3.05) is 6.54 Å². The molecule has 25 heavy (non-hydrogen) atoms. The van der Waals surface area contributed by atoms with E-state index < -0.39 is 29.7 Å². The maximum absolute atomic E-state index is 14.3. The molecule has 1 amide bonds. The fraction of sp³-hybridized carbons (Fsp3) is 0.300. The summed E-state index contributed by atoms with van der Waals surface area (Å²) < 4.78 is 14.3. The highest BCUT2D eigenvalue weighted by Gasteiger charge is 2.40. The Balaban J connectivity index is 2.05. The number of rotatable bonds is 3. The van der Waals surface area contributed by atoms with Gasteiger partial charge in [0, 0.05) is 6.54 Å². The molecule has 1 fully saturated rings. The van der Waals surface area contributed by atoms with Gasteiger partial charge in [0.1, 0.15) is 5.82 Å². The number of hydrogen-bond donors (Lipinski definition) is 1. The minimum atomic E-state index is -0.934. The van der Waals surface area contributed by atoms with Crippen molar-refractivity contribution >= 4 is 11.9 Å². The van der Waals surface area contributed by atoms with Crippen LogP contribution >= 0.6 is 0 Å². The van der Waals surface area contributed by atoms with Crippen molar-refractivity contribution in [1.29, 1.82) is 0 Å². The Kier molecular flexibility index (Phi) is 4.83. The van der Waals surface area contributed by atoms with E-state index in [1.165, 1.54) is 11.0 Å². The van der Waals surface area contributed by atoms with Crippen LogP contribution in [-0.2, 0) is 4.79 Å². The SMILES string of the molecule is Cc1cccc(F)c1C(=O)N1CCC[C@H](C(=O)O)C1c1ccccc1. The molecule has 3 rings (SSSR count). The summed E-state index contributed by atoms with van der Waals surface area (Å²) in [5.41, 5.74) is 1.33. The summed E-state index contributed by atoms with van der Waals surface area (Å²) in [6.07, 6.45) is 1.08. The van der Waals surface area contributed by atoms with Gasteiger partial charge < -0.3 is 10.0 Å². The molecule has 0 aliphatic carbocycles. The molecule has 2 aromatic carbocycles. The Morgan fingerprint density at radius 3 is 2.48 bits per heavy atom. The van der Waals surface area contributed by atoms with Crippen LogP contribution in [0, 0.1) is 18.7 Å². The molecule has 1 unspecified atom stereocenters. The van der Waals surface area contributed by atoms with Crippen LogP contribution in [0.1, 0.15) is 40.4 Å². The average molecular weight is 341 g/mol. The average Bonchev–Trinajstić information content (AvgIpc) is 2.61. The Labute approximate surface area is 145 Å². The lowest BCUT2D eigenvalue weighted by Gasteiger charge is -2.40. The molecule has 1 aliphatic heterocycles. The van der Waals surface area contributed by atoms with Crippen LogP contribution in [0.4, 0.5) is 4.39 Å². The van der Waals surface area contributed by atoms with E-state index in [2.05, 4.69) is 0 Å². The largest absolute Gasteiger partial charge is 0.481 e. The number of carboxylic acids is 1. The van der Waals surface area contributed by atoms with Gasteiger partial charge in [0.05, 0.1) is 17.5 Å². The van der Waals surface area contributed by atoms with E-state index in [0.717, 1.165) is 5.56 Å². The zero-order valence-electron chi connectivity index (χ0n) is 14.0. The van der Waals surface area contributed by atoms with Crippen molar-refractivity contribution in [1.82, 2.24) is 4.90 Å². The lowest BCUT2D eigenvalue weighted by atomic mass is 9.84. The van der Waals surface area contributed by atoms with Gasteiger partial charge in [-0.1, -0.05) is 42.5 Å². The minimum absolute atomic E-state index is 0.0227. The third-order valence-corrected chi connectivity index (χ3v) is 4.79. The van der Waals surface area contributed by atoms with E-state index in [0.29, 0.717) is 24.9 Å². The summed E-state index contributed by atoms with van der Waals surface area (Å²) in [6, 6.07) is 13.0. The summed E-state index contributed by atoms with van der Waals surface area (Å²) in [7, 11) is 0. The van der Waals surface area contributed by atoms with E-state index in [1.54, 1.807) is 19.1 Å². The van der Waals surface area contributed by atoms with Crippen LogP contribution < -0.4 is 0 Å². The lowest BCUT2D eigenvalue weighted by molar-refractivity contribution is -0.145. The molecule has 130 valence electrons. The second-order valence-corrected chi connectivity index (χ2v) is 6.37. The number of likely N-dealkylation sites (tertiary alicyclic amines) is 1. The van der Waals surface area contributed by atoms with Crippen molar-refractivity contribution < 1.29 is 19.1 Å². The van der Waals surface area contributed by atoms with Gasteiger partial charge in [-0.15, -0.1) is 0 Å². The zero-order valence-corrected chi connectivity index (χ0v) is 14.0. The molecule has 1 N–H and O–H groups in total. The van der Waals surface area contributed by atoms with Gasteiger partial charge in [-0.2, -0.15) is 0 Å². The van der Waals surface area contributed by atoms with Crippen LogP contribution in [-0.4, -0.2) is 28.4 Å².